The van der Waals surface area contributed by atoms with E-state index in [2.05, 4.69) is 16.3 Å². The Hall–Kier alpha value is -1.46. The number of rotatable bonds is 5. The second kappa shape index (κ2) is 6.32. The van der Waals surface area contributed by atoms with Crippen molar-refractivity contribution in [3.05, 3.63) is 60.7 Å². The fourth-order valence-electron chi connectivity index (χ4n) is 1.28. The van der Waals surface area contributed by atoms with Gasteiger partial charge in [-0.3, -0.25) is 3.75 Å². The molecule has 0 fully saturated rings. The first-order valence-electron chi connectivity index (χ1n) is 5.09. The molecule has 0 aliphatic rings. The van der Waals surface area contributed by atoms with E-state index in [1.54, 1.807) is 0 Å². The van der Waals surface area contributed by atoms with Gasteiger partial charge < -0.3 is 9.31 Å². The molecule has 0 aliphatic carbocycles. The maximum atomic E-state index is 5.48. The van der Waals surface area contributed by atoms with Crippen LogP contribution in [0.4, 0.5) is 0 Å². The molecule has 0 N–H and O–H groups in total. The largest absolute Gasteiger partial charge is 0.799 e. The quantitative estimate of drug-likeness (QED) is 0.790. The van der Waals surface area contributed by atoms with Gasteiger partial charge in [-0.05, 0) is 24.3 Å². The zero-order valence-electron chi connectivity index (χ0n) is 8.95. The Morgan fingerprint density at radius 3 is 1.47 bits per heavy atom. The first kappa shape index (κ1) is 12.0. The lowest BCUT2D eigenvalue weighted by Gasteiger charge is -2.12. The molecule has 17 heavy (non-hydrogen) atoms. The molecule has 2 aromatic rings. The molecule has 0 atom stereocenters. The van der Waals surface area contributed by atoms with Gasteiger partial charge in [-0.2, -0.15) is 0 Å². The van der Waals surface area contributed by atoms with Crippen molar-refractivity contribution in [1.29, 1.82) is 0 Å². The van der Waals surface area contributed by atoms with Gasteiger partial charge in [-0.15, -0.1) is 0 Å². The summed E-state index contributed by atoms with van der Waals surface area (Å²) >= 11 is 2.88. The van der Waals surface area contributed by atoms with Gasteiger partial charge in [0.15, 0.2) is 0 Å². The summed E-state index contributed by atoms with van der Waals surface area (Å²) in [5.74, 6) is 1.35. The van der Waals surface area contributed by atoms with E-state index < -0.39 is 7.32 Å². The molecule has 0 aromatic heterocycles. The van der Waals surface area contributed by atoms with Crippen LogP contribution < -0.4 is 9.31 Å². The molecule has 0 aliphatic heterocycles. The Morgan fingerprint density at radius 2 is 1.12 bits per heavy atom. The lowest BCUT2D eigenvalue weighted by atomic mass is 10.2. The first-order valence-corrected chi connectivity index (χ1v) is 5.74. The minimum Gasteiger partial charge on any atom is -0.500 e. The standard InChI is InChI=1S/C12H10BBrO3/c14-17-13(15-11-7-3-1-4-8-11)16-12-9-5-2-6-10-12/h1-10H. The number of benzene rings is 2. The Morgan fingerprint density at radius 1 is 0.706 bits per heavy atom. The van der Waals surface area contributed by atoms with Crippen LogP contribution in [0.25, 0.3) is 0 Å². The van der Waals surface area contributed by atoms with Crippen LogP contribution in [-0.2, 0) is 3.75 Å². The molecule has 0 saturated carbocycles. The second-order valence-corrected chi connectivity index (χ2v) is 3.61. The zero-order chi connectivity index (χ0) is 11.9. The van der Waals surface area contributed by atoms with Gasteiger partial charge in [0.1, 0.15) is 11.5 Å². The molecular weight excluding hydrogens is 283 g/mol. The van der Waals surface area contributed by atoms with Gasteiger partial charge >= 0.3 is 7.32 Å². The van der Waals surface area contributed by atoms with E-state index in [0.29, 0.717) is 11.5 Å². The van der Waals surface area contributed by atoms with E-state index in [-0.39, 0.29) is 0 Å². The van der Waals surface area contributed by atoms with E-state index >= 15 is 0 Å². The lowest BCUT2D eigenvalue weighted by Crippen LogP contribution is -2.30. The summed E-state index contributed by atoms with van der Waals surface area (Å²) < 4.78 is 15.9. The van der Waals surface area contributed by atoms with Crippen molar-refractivity contribution in [1.82, 2.24) is 0 Å². The summed E-state index contributed by atoms with van der Waals surface area (Å²) in [7, 11) is -0.834. The van der Waals surface area contributed by atoms with Crippen LogP contribution in [0.5, 0.6) is 11.5 Å². The Kier molecular flexibility index (Phi) is 4.47. The molecule has 5 heteroatoms. The average Bonchev–Trinajstić information content (AvgIpc) is 2.40. The van der Waals surface area contributed by atoms with Crippen LogP contribution in [0, 0.1) is 0 Å². The molecular formula is C12H10BBrO3. The highest BCUT2D eigenvalue weighted by Gasteiger charge is 2.26. The Bertz CT molecular complexity index is 397. The van der Waals surface area contributed by atoms with Crippen molar-refractivity contribution in [3.63, 3.8) is 0 Å². The van der Waals surface area contributed by atoms with Crippen molar-refractivity contribution in [2.75, 3.05) is 0 Å². The Balaban J connectivity index is 1.98. The van der Waals surface area contributed by atoms with Crippen molar-refractivity contribution < 1.29 is 13.1 Å². The van der Waals surface area contributed by atoms with Crippen molar-refractivity contribution in [2.24, 2.45) is 0 Å². The van der Waals surface area contributed by atoms with Crippen LogP contribution in [0.1, 0.15) is 0 Å². The van der Waals surface area contributed by atoms with Crippen molar-refractivity contribution >= 4 is 23.6 Å². The van der Waals surface area contributed by atoms with Crippen molar-refractivity contribution in [2.45, 2.75) is 0 Å². The SMILES string of the molecule is BrOB(Oc1ccccc1)Oc1ccccc1. The fraction of sp³-hybridized carbons (Fsp3) is 0. The smallest absolute Gasteiger partial charge is 0.500 e. The number of para-hydroxylation sites is 2. The normalized spacial score (nSPS) is 9.71. The van der Waals surface area contributed by atoms with E-state index in [1.807, 2.05) is 60.7 Å². The van der Waals surface area contributed by atoms with Crippen LogP contribution in [0.2, 0.25) is 0 Å². The highest BCUT2D eigenvalue weighted by atomic mass is 79.9. The van der Waals surface area contributed by atoms with Gasteiger partial charge in [-0.25, -0.2) is 0 Å². The topological polar surface area (TPSA) is 27.7 Å². The van der Waals surface area contributed by atoms with Crippen LogP contribution >= 0.6 is 16.3 Å². The maximum Gasteiger partial charge on any atom is 0.799 e. The summed E-state index contributed by atoms with van der Waals surface area (Å²) in [6.07, 6.45) is 0. The number of hydrogen-bond donors (Lipinski definition) is 0. The molecule has 0 spiro atoms. The molecule has 2 aromatic carbocycles. The molecule has 0 bridgehead atoms. The monoisotopic (exact) mass is 292 g/mol. The van der Waals surface area contributed by atoms with Crippen LogP contribution in [0.3, 0.4) is 0 Å². The molecule has 86 valence electrons. The van der Waals surface area contributed by atoms with Crippen LogP contribution in [-0.4, -0.2) is 7.32 Å². The maximum absolute atomic E-state index is 5.48. The van der Waals surface area contributed by atoms with Gasteiger partial charge in [0.05, 0.1) is 16.3 Å². The first-order chi connectivity index (χ1) is 8.38. The van der Waals surface area contributed by atoms with E-state index in [9.17, 15) is 0 Å². The summed E-state index contributed by atoms with van der Waals surface area (Å²) in [6, 6.07) is 18.6. The Labute approximate surface area is 109 Å². The van der Waals surface area contributed by atoms with Gasteiger partial charge in [0.25, 0.3) is 0 Å². The number of hydrogen-bond acceptors (Lipinski definition) is 3. The predicted octanol–water partition coefficient (Wildman–Crippen LogP) is 3.46. The third-order valence-corrected chi connectivity index (χ3v) is 2.33. The van der Waals surface area contributed by atoms with Crippen LogP contribution in [0.15, 0.2) is 60.7 Å². The summed E-state index contributed by atoms with van der Waals surface area (Å²) in [5, 5.41) is 0. The van der Waals surface area contributed by atoms with E-state index in [0.717, 1.165) is 0 Å². The minimum atomic E-state index is -0.834. The highest BCUT2D eigenvalue weighted by molar-refractivity contribution is 9.06. The predicted molar refractivity (Wildman–Crippen MR) is 69.9 cm³/mol. The number of halogens is 1. The summed E-state index contributed by atoms with van der Waals surface area (Å²) in [6.45, 7) is 0. The third-order valence-electron chi connectivity index (χ3n) is 2.02. The molecule has 0 unspecified atom stereocenters. The van der Waals surface area contributed by atoms with Crippen molar-refractivity contribution in [3.8, 4) is 11.5 Å². The second-order valence-electron chi connectivity index (χ2n) is 3.24. The summed E-state index contributed by atoms with van der Waals surface area (Å²) in [5.41, 5.74) is 0. The van der Waals surface area contributed by atoms with Gasteiger partial charge in [0.2, 0.25) is 0 Å². The highest BCUT2D eigenvalue weighted by Crippen LogP contribution is 2.15. The third kappa shape index (κ3) is 3.80. The molecule has 2 rings (SSSR count). The minimum absolute atomic E-state index is 0.674. The molecule has 0 saturated heterocycles. The lowest BCUT2D eigenvalue weighted by molar-refractivity contribution is 0.334. The molecule has 0 radical (unpaired) electrons. The zero-order valence-corrected chi connectivity index (χ0v) is 10.5. The van der Waals surface area contributed by atoms with E-state index in [1.165, 1.54) is 0 Å². The summed E-state index contributed by atoms with van der Waals surface area (Å²) in [4.78, 5) is 0. The van der Waals surface area contributed by atoms with Gasteiger partial charge in [0, 0.05) is 0 Å². The molecule has 0 heterocycles. The average molecular weight is 293 g/mol. The van der Waals surface area contributed by atoms with E-state index in [4.69, 9.17) is 13.1 Å². The van der Waals surface area contributed by atoms with Gasteiger partial charge in [-0.1, -0.05) is 36.4 Å². The fourth-order valence-corrected chi connectivity index (χ4v) is 1.43. The molecule has 0 amide bonds. The molecule has 3 nitrogen and oxygen atoms in total.